The minimum Gasteiger partial charge on any atom is -0.481 e. The summed E-state index contributed by atoms with van der Waals surface area (Å²) in [6, 6.07) is 5.07. The number of nitrogens with zero attached hydrogens (tertiary/aromatic N) is 4. The predicted molar refractivity (Wildman–Crippen MR) is 117 cm³/mol. The number of hydrogen-bond acceptors (Lipinski definition) is 11. The standard InChI is InChI=1S/C16H16N6O6S3/c1-28-13-8-10(9-30-16-17-6-7-29-16)18-14(19-13)20-15(23)21-31(26,27)12-5-3-2-4-11(12)22(24)25/h2-5,8H,6-7,9H2,1H3,(H2,18,19,20,21,23). The van der Waals surface area contributed by atoms with Gasteiger partial charge in [0.15, 0.2) is 4.90 Å². The zero-order valence-corrected chi connectivity index (χ0v) is 18.4. The molecule has 31 heavy (non-hydrogen) atoms. The van der Waals surface area contributed by atoms with Crippen molar-refractivity contribution in [2.45, 2.75) is 10.6 Å². The van der Waals surface area contributed by atoms with Crippen LogP contribution in [0.4, 0.5) is 16.4 Å². The normalized spacial score (nSPS) is 13.4. The number of benzene rings is 1. The van der Waals surface area contributed by atoms with Crippen molar-refractivity contribution in [3.63, 3.8) is 0 Å². The van der Waals surface area contributed by atoms with E-state index in [1.807, 2.05) is 0 Å². The Balaban J connectivity index is 1.73. The summed E-state index contributed by atoms with van der Waals surface area (Å²) in [5.74, 6) is 1.35. The molecule has 164 valence electrons. The molecule has 0 radical (unpaired) electrons. The Morgan fingerprint density at radius 3 is 2.81 bits per heavy atom. The maximum atomic E-state index is 12.4. The fourth-order valence-corrected chi connectivity index (χ4v) is 5.37. The second-order valence-corrected chi connectivity index (χ2v) is 9.75. The van der Waals surface area contributed by atoms with E-state index in [0.29, 0.717) is 11.4 Å². The average Bonchev–Trinajstić information content (AvgIpc) is 3.25. The van der Waals surface area contributed by atoms with Crippen molar-refractivity contribution in [2.75, 3.05) is 24.7 Å². The van der Waals surface area contributed by atoms with Gasteiger partial charge < -0.3 is 4.74 Å². The first-order valence-electron chi connectivity index (χ1n) is 8.57. The van der Waals surface area contributed by atoms with Crippen LogP contribution in [0.15, 0.2) is 40.2 Å². The van der Waals surface area contributed by atoms with E-state index in [4.69, 9.17) is 4.74 Å². The number of anilines is 1. The minimum atomic E-state index is -4.52. The number of carbonyl (C=O) groups is 1. The summed E-state index contributed by atoms with van der Waals surface area (Å²) >= 11 is 3.11. The highest BCUT2D eigenvalue weighted by Gasteiger charge is 2.27. The molecular formula is C16H16N6O6S3. The number of carbonyl (C=O) groups excluding carboxylic acids is 1. The molecule has 0 bridgehead atoms. The maximum absolute atomic E-state index is 12.4. The van der Waals surface area contributed by atoms with Crippen LogP contribution >= 0.6 is 23.5 Å². The molecule has 0 spiro atoms. The summed E-state index contributed by atoms with van der Waals surface area (Å²) in [5, 5.41) is 13.3. The highest BCUT2D eigenvalue weighted by Crippen LogP contribution is 2.26. The quantitative estimate of drug-likeness (QED) is 0.439. The number of sulfonamides is 1. The van der Waals surface area contributed by atoms with Crippen molar-refractivity contribution in [3.05, 3.63) is 46.1 Å². The molecule has 2 aromatic rings. The number of aromatic nitrogens is 2. The van der Waals surface area contributed by atoms with E-state index in [1.165, 1.54) is 31.0 Å². The molecule has 0 saturated carbocycles. The van der Waals surface area contributed by atoms with E-state index in [-0.39, 0.29) is 11.8 Å². The van der Waals surface area contributed by atoms with Crippen LogP contribution < -0.4 is 14.8 Å². The molecular weight excluding hydrogens is 468 g/mol. The van der Waals surface area contributed by atoms with Gasteiger partial charge in [-0.2, -0.15) is 4.98 Å². The topological polar surface area (TPSA) is 166 Å². The zero-order chi connectivity index (χ0) is 22.4. The van der Waals surface area contributed by atoms with Gasteiger partial charge in [0.05, 0.1) is 24.3 Å². The van der Waals surface area contributed by atoms with Gasteiger partial charge in [-0.05, 0) is 6.07 Å². The van der Waals surface area contributed by atoms with Crippen molar-refractivity contribution >= 4 is 55.6 Å². The third-order valence-electron chi connectivity index (χ3n) is 3.67. The largest absolute Gasteiger partial charge is 0.481 e. The Labute approximate surface area is 185 Å². The first-order valence-corrected chi connectivity index (χ1v) is 12.0. The highest BCUT2D eigenvalue weighted by atomic mass is 32.2. The molecule has 0 atom stereocenters. The Kier molecular flexibility index (Phi) is 7.29. The van der Waals surface area contributed by atoms with Crippen molar-refractivity contribution in [3.8, 4) is 5.88 Å². The molecule has 1 aliphatic rings. The van der Waals surface area contributed by atoms with Gasteiger partial charge in [0.1, 0.15) is 4.38 Å². The molecule has 1 aromatic carbocycles. The van der Waals surface area contributed by atoms with Gasteiger partial charge in [-0.1, -0.05) is 35.7 Å². The van der Waals surface area contributed by atoms with Crippen LogP contribution in [0.2, 0.25) is 0 Å². The molecule has 2 N–H and O–H groups in total. The van der Waals surface area contributed by atoms with Gasteiger partial charge in [0.2, 0.25) is 11.8 Å². The molecule has 1 aromatic heterocycles. The van der Waals surface area contributed by atoms with Crippen LogP contribution in [0.25, 0.3) is 0 Å². The zero-order valence-electron chi connectivity index (χ0n) is 16.0. The number of urea groups is 1. The van der Waals surface area contributed by atoms with Crippen LogP contribution in [0.5, 0.6) is 5.88 Å². The van der Waals surface area contributed by atoms with Crippen LogP contribution in [-0.2, 0) is 15.8 Å². The number of para-hydroxylation sites is 1. The number of thioether (sulfide) groups is 2. The van der Waals surface area contributed by atoms with Crippen LogP contribution in [0.3, 0.4) is 0 Å². The second-order valence-electron chi connectivity index (χ2n) is 5.79. The van der Waals surface area contributed by atoms with E-state index in [0.717, 1.165) is 28.8 Å². The van der Waals surface area contributed by atoms with E-state index in [2.05, 4.69) is 20.3 Å². The lowest BCUT2D eigenvalue weighted by Gasteiger charge is -2.10. The molecule has 2 amide bonds. The predicted octanol–water partition coefficient (Wildman–Crippen LogP) is 2.24. The summed E-state index contributed by atoms with van der Waals surface area (Å²) in [5.41, 5.74) is -0.128. The fraction of sp³-hybridized carbons (Fsp3) is 0.250. The highest BCUT2D eigenvalue weighted by molar-refractivity contribution is 8.38. The lowest BCUT2D eigenvalue weighted by molar-refractivity contribution is -0.387. The molecule has 1 aliphatic heterocycles. The Morgan fingerprint density at radius 1 is 1.35 bits per heavy atom. The number of hydrogen-bond donors (Lipinski definition) is 2. The summed E-state index contributed by atoms with van der Waals surface area (Å²) in [7, 11) is -3.13. The summed E-state index contributed by atoms with van der Waals surface area (Å²) in [6.45, 7) is 0.765. The number of rotatable bonds is 7. The van der Waals surface area contributed by atoms with E-state index < -0.39 is 31.6 Å². The fourth-order valence-electron chi connectivity index (χ4n) is 2.38. The molecule has 3 rings (SSSR count). The van der Waals surface area contributed by atoms with Crippen molar-refractivity contribution in [2.24, 2.45) is 4.99 Å². The number of amides is 2. The summed E-state index contributed by atoms with van der Waals surface area (Å²) in [6.07, 6.45) is 0. The summed E-state index contributed by atoms with van der Waals surface area (Å²) < 4.78 is 32.6. The molecule has 0 aliphatic carbocycles. The smallest absolute Gasteiger partial charge is 0.335 e. The number of methoxy groups -OCH3 is 1. The monoisotopic (exact) mass is 484 g/mol. The molecule has 0 fully saturated rings. The molecule has 15 heteroatoms. The van der Waals surface area contributed by atoms with Gasteiger partial charge in [-0.3, -0.25) is 20.4 Å². The average molecular weight is 485 g/mol. The molecule has 2 heterocycles. The Morgan fingerprint density at radius 2 is 2.13 bits per heavy atom. The summed E-state index contributed by atoms with van der Waals surface area (Å²) in [4.78, 5) is 34.3. The van der Waals surface area contributed by atoms with Crippen molar-refractivity contribution in [1.29, 1.82) is 0 Å². The number of nitrogens with one attached hydrogen (secondary N) is 2. The van der Waals surface area contributed by atoms with Crippen molar-refractivity contribution in [1.82, 2.24) is 14.7 Å². The molecule has 0 saturated heterocycles. The van der Waals surface area contributed by atoms with Crippen LogP contribution in [0.1, 0.15) is 5.69 Å². The van der Waals surface area contributed by atoms with Gasteiger partial charge in [-0.25, -0.2) is 22.9 Å². The minimum absolute atomic E-state index is 0.170. The first kappa shape index (κ1) is 22.8. The Hall–Kier alpha value is -2.91. The van der Waals surface area contributed by atoms with Gasteiger partial charge in [0, 0.05) is 23.6 Å². The van der Waals surface area contributed by atoms with E-state index in [9.17, 15) is 23.3 Å². The number of nitro benzene ring substituents is 1. The first-order chi connectivity index (χ1) is 14.8. The van der Waals surface area contributed by atoms with Crippen molar-refractivity contribution < 1.29 is 22.9 Å². The van der Waals surface area contributed by atoms with Gasteiger partial charge >= 0.3 is 6.03 Å². The number of aliphatic imine (C=N–C) groups is 1. The van der Waals surface area contributed by atoms with E-state index >= 15 is 0 Å². The van der Waals surface area contributed by atoms with Crippen LogP contribution in [0, 0.1) is 10.1 Å². The van der Waals surface area contributed by atoms with Gasteiger partial charge in [0.25, 0.3) is 15.7 Å². The van der Waals surface area contributed by atoms with Crippen LogP contribution in [-0.4, -0.2) is 53.1 Å². The number of ether oxygens (including phenoxy) is 1. The third kappa shape index (κ3) is 6.05. The Bertz CT molecular complexity index is 1140. The third-order valence-corrected chi connectivity index (χ3v) is 7.33. The molecule has 12 nitrogen and oxygen atoms in total. The molecule has 0 unspecified atom stereocenters. The maximum Gasteiger partial charge on any atom is 0.335 e. The second kappa shape index (κ2) is 9.93. The lowest BCUT2D eigenvalue weighted by Crippen LogP contribution is -2.35. The SMILES string of the molecule is COc1cc(CSC2=NCCS2)nc(NC(=O)NS(=O)(=O)c2ccccc2[N+](=O)[O-])n1. The van der Waals surface area contributed by atoms with E-state index in [1.54, 1.807) is 22.6 Å². The lowest BCUT2D eigenvalue weighted by atomic mass is 10.3. The van der Waals surface area contributed by atoms with Gasteiger partial charge in [-0.15, -0.1) is 0 Å². The number of nitro groups is 1.